The van der Waals surface area contributed by atoms with Gasteiger partial charge in [-0.1, -0.05) is 0 Å². The highest BCUT2D eigenvalue weighted by molar-refractivity contribution is 5.89. The molecule has 2 aromatic rings. The zero-order valence-electron chi connectivity index (χ0n) is 11.5. The first-order chi connectivity index (χ1) is 10.1. The summed E-state index contributed by atoms with van der Waals surface area (Å²) in [6.07, 6.45) is 0. The van der Waals surface area contributed by atoms with E-state index in [0.717, 1.165) is 0 Å². The van der Waals surface area contributed by atoms with E-state index in [1.165, 1.54) is 6.92 Å². The van der Waals surface area contributed by atoms with Crippen LogP contribution in [0.1, 0.15) is 12.6 Å². The lowest BCUT2D eigenvalue weighted by Crippen LogP contribution is -2.06. The Kier molecular flexibility index (Phi) is 4.31. The standard InChI is InChI=1S/C14H13N5O2/c1-9(20)16-10-3-5-13(21-2)12(7-10)17-14-6-4-11(8-15)18-19-14/h3-7H,1-2H3,(H,16,20)(H,17,19). The Balaban J connectivity index is 2.27. The van der Waals surface area contributed by atoms with Gasteiger partial charge in [0.2, 0.25) is 5.91 Å². The fourth-order valence-corrected chi connectivity index (χ4v) is 1.68. The zero-order chi connectivity index (χ0) is 15.2. The number of nitrogens with one attached hydrogen (secondary N) is 2. The molecule has 0 aliphatic carbocycles. The summed E-state index contributed by atoms with van der Waals surface area (Å²) in [6.45, 7) is 1.43. The number of hydrogen-bond acceptors (Lipinski definition) is 6. The number of aromatic nitrogens is 2. The van der Waals surface area contributed by atoms with E-state index in [0.29, 0.717) is 22.9 Å². The van der Waals surface area contributed by atoms with Crippen LogP contribution in [0, 0.1) is 11.3 Å². The number of amides is 1. The third kappa shape index (κ3) is 3.67. The van der Waals surface area contributed by atoms with Crippen molar-refractivity contribution >= 4 is 23.1 Å². The second-order valence-corrected chi connectivity index (χ2v) is 4.14. The summed E-state index contributed by atoms with van der Waals surface area (Å²) in [6, 6.07) is 10.3. The summed E-state index contributed by atoms with van der Waals surface area (Å²) in [5, 5.41) is 22.0. The van der Waals surface area contributed by atoms with Crippen LogP contribution in [0.5, 0.6) is 5.75 Å². The molecule has 0 spiro atoms. The molecule has 0 unspecified atom stereocenters. The summed E-state index contributed by atoms with van der Waals surface area (Å²) < 4.78 is 5.25. The summed E-state index contributed by atoms with van der Waals surface area (Å²) in [7, 11) is 1.54. The number of nitrogens with zero attached hydrogens (tertiary/aromatic N) is 3. The average molecular weight is 283 g/mol. The molecule has 1 aromatic carbocycles. The van der Waals surface area contributed by atoms with Crippen molar-refractivity contribution in [3.05, 3.63) is 36.0 Å². The Hall–Kier alpha value is -3.14. The Bertz CT molecular complexity index is 692. The molecule has 0 saturated carbocycles. The SMILES string of the molecule is COc1ccc(NC(C)=O)cc1Nc1ccc(C#N)nn1. The topological polar surface area (TPSA) is 99.9 Å². The second kappa shape index (κ2) is 6.34. The summed E-state index contributed by atoms with van der Waals surface area (Å²) in [5.74, 6) is 0.895. The van der Waals surface area contributed by atoms with E-state index in [1.54, 1.807) is 37.4 Å². The number of nitriles is 1. The van der Waals surface area contributed by atoms with Crippen molar-refractivity contribution in [2.24, 2.45) is 0 Å². The molecular formula is C14H13N5O2. The average Bonchev–Trinajstić information content (AvgIpc) is 2.48. The van der Waals surface area contributed by atoms with Gasteiger partial charge in [-0.05, 0) is 30.3 Å². The molecule has 0 bridgehead atoms. The lowest BCUT2D eigenvalue weighted by molar-refractivity contribution is -0.114. The molecule has 2 rings (SSSR count). The second-order valence-electron chi connectivity index (χ2n) is 4.14. The molecule has 2 N–H and O–H groups in total. The minimum absolute atomic E-state index is 0.163. The smallest absolute Gasteiger partial charge is 0.221 e. The maximum absolute atomic E-state index is 11.1. The van der Waals surface area contributed by atoms with Crippen LogP contribution in [0.2, 0.25) is 0 Å². The molecule has 1 heterocycles. The van der Waals surface area contributed by atoms with E-state index in [9.17, 15) is 4.79 Å². The number of hydrogen-bond donors (Lipinski definition) is 2. The molecule has 0 aliphatic rings. The van der Waals surface area contributed by atoms with E-state index in [4.69, 9.17) is 10.00 Å². The lowest BCUT2D eigenvalue weighted by atomic mass is 10.2. The van der Waals surface area contributed by atoms with Crippen LogP contribution in [-0.2, 0) is 4.79 Å². The lowest BCUT2D eigenvalue weighted by Gasteiger charge is -2.12. The van der Waals surface area contributed by atoms with Crippen molar-refractivity contribution < 1.29 is 9.53 Å². The molecule has 0 fully saturated rings. The largest absolute Gasteiger partial charge is 0.495 e. The maximum atomic E-state index is 11.1. The first-order valence-corrected chi connectivity index (χ1v) is 6.09. The van der Waals surface area contributed by atoms with Crippen molar-refractivity contribution in [2.45, 2.75) is 6.92 Å². The number of carbonyl (C=O) groups is 1. The van der Waals surface area contributed by atoms with E-state index in [-0.39, 0.29) is 11.6 Å². The van der Waals surface area contributed by atoms with Gasteiger partial charge in [-0.15, -0.1) is 10.2 Å². The van der Waals surface area contributed by atoms with Crippen molar-refractivity contribution in [3.8, 4) is 11.8 Å². The predicted molar refractivity (Wildman–Crippen MR) is 77.3 cm³/mol. The Morgan fingerprint density at radius 2 is 2.10 bits per heavy atom. The fraction of sp³-hybridized carbons (Fsp3) is 0.143. The van der Waals surface area contributed by atoms with Crippen LogP contribution in [0.15, 0.2) is 30.3 Å². The van der Waals surface area contributed by atoms with Crippen LogP contribution in [0.4, 0.5) is 17.2 Å². The highest BCUT2D eigenvalue weighted by Gasteiger charge is 2.07. The number of carbonyl (C=O) groups excluding carboxylic acids is 1. The van der Waals surface area contributed by atoms with Crippen LogP contribution in [0.25, 0.3) is 0 Å². The van der Waals surface area contributed by atoms with Gasteiger partial charge in [0.15, 0.2) is 11.5 Å². The molecule has 1 amide bonds. The molecule has 0 atom stereocenters. The van der Waals surface area contributed by atoms with E-state index >= 15 is 0 Å². The molecule has 7 nitrogen and oxygen atoms in total. The third-order valence-corrected chi connectivity index (χ3v) is 2.56. The van der Waals surface area contributed by atoms with E-state index < -0.39 is 0 Å². The van der Waals surface area contributed by atoms with Crippen LogP contribution in [0.3, 0.4) is 0 Å². The van der Waals surface area contributed by atoms with Crippen molar-refractivity contribution in [1.82, 2.24) is 10.2 Å². The highest BCUT2D eigenvalue weighted by Crippen LogP contribution is 2.29. The van der Waals surface area contributed by atoms with E-state index in [1.807, 2.05) is 6.07 Å². The Labute approximate surface area is 121 Å². The molecule has 1 aromatic heterocycles. The Morgan fingerprint density at radius 3 is 2.67 bits per heavy atom. The molecule has 7 heteroatoms. The van der Waals surface area contributed by atoms with Gasteiger partial charge in [-0.2, -0.15) is 5.26 Å². The van der Waals surface area contributed by atoms with Crippen LogP contribution < -0.4 is 15.4 Å². The molecule has 0 radical (unpaired) electrons. The van der Waals surface area contributed by atoms with Gasteiger partial charge in [-0.25, -0.2) is 0 Å². The Morgan fingerprint density at radius 1 is 1.29 bits per heavy atom. The van der Waals surface area contributed by atoms with Crippen LogP contribution in [-0.4, -0.2) is 23.2 Å². The van der Waals surface area contributed by atoms with Gasteiger partial charge in [0, 0.05) is 12.6 Å². The van der Waals surface area contributed by atoms with Gasteiger partial charge in [-0.3, -0.25) is 4.79 Å². The highest BCUT2D eigenvalue weighted by atomic mass is 16.5. The molecular weight excluding hydrogens is 270 g/mol. The monoisotopic (exact) mass is 283 g/mol. The summed E-state index contributed by atoms with van der Waals surface area (Å²) >= 11 is 0. The van der Waals surface area contributed by atoms with Gasteiger partial charge < -0.3 is 15.4 Å². The van der Waals surface area contributed by atoms with Crippen molar-refractivity contribution in [3.63, 3.8) is 0 Å². The minimum Gasteiger partial charge on any atom is -0.495 e. The van der Waals surface area contributed by atoms with Gasteiger partial charge >= 0.3 is 0 Å². The summed E-state index contributed by atoms with van der Waals surface area (Å²) in [4.78, 5) is 11.1. The first-order valence-electron chi connectivity index (χ1n) is 6.09. The normalized spacial score (nSPS) is 9.57. The zero-order valence-corrected chi connectivity index (χ0v) is 11.5. The maximum Gasteiger partial charge on any atom is 0.221 e. The minimum atomic E-state index is -0.163. The molecule has 0 aliphatic heterocycles. The number of rotatable bonds is 4. The quantitative estimate of drug-likeness (QED) is 0.890. The van der Waals surface area contributed by atoms with Gasteiger partial charge in [0.05, 0.1) is 12.8 Å². The van der Waals surface area contributed by atoms with Crippen molar-refractivity contribution in [1.29, 1.82) is 5.26 Å². The third-order valence-electron chi connectivity index (χ3n) is 2.56. The number of ether oxygens (including phenoxy) is 1. The number of methoxy groups -OCH3 is 1. The van der Waals surface area contributed by atoms with Crippen LogP contribution >= 0.6 is 0 Å². The van der Waals surface area contributed by atoms with Gasteiger partial charge in [0.1, 0.15) is 11.8 Å². The van der Waals surface area contributed by atoms with E-state index in [2.05, 4.69) is 20.8 Å². The number of benzene rings is 1. The summed E-state index contributed by atoms with van der Waals surface area (Å²) in [5.41, 5.74) is 1.50. The predicted octanol–water partition coefficient (Wildman–Crippen LogP) is 2.06. The fourth-order valence-electron chi connectivity index (χ4n) is 1.68. The molecule has 106 valence electrons. The van der Waals surface area contributed by atoms with Crippen molar-refractivity contribution in [2.75, 3.05) is 17.7 Å². The van der Waals surface area contributed by atoms with Gasteiger partial charge in [0.25, 0.3) is 0 Å². The molecule has 21 heavy (non-hydrogen) atoms. The molecule has 0 saturated heterocycles. The first kappa shape index (κ1) is 14.3. The number of anilines is 3.